The highest BCUT2D eigenvalue weighted by molar-refractivity contribution is 5.75. The van der Waals surface area contributed by atoms with Crippen LogP contribution in [0.1, 0.15) is 26.2 Å². The predicted octanol–water partition coefficient (Wildman–Crippen LogP) is 1.25. The van der Waals surface area contributed by atoms with Crippen LogP contribution < -0.4 is 0 Å². The maximum absolute atomic E-state index is 11.5. The maximum Gasteiger partial charge on any atom is 0.222 e. The van der Waals surface area contributed by atoms with Crippen LogP contribution in [0.15, 0.2) is 0 Å². The van der Waals surface area contributed by atoms with Crippen LogP contribution in [0.25, 0.3) is 0 Å². The van der Waals surface area contributed by atoms with Gasteiger partial charge in [0.15, 0.2) is 6.29 Å². The van der Waals surface area contributed by atoms with Crippen LogP contribution in [0, 0.1) is 0 Å². The molecule has 0 aromatic heterocycles. The molecule has 0 bridgehead atoms. The predicted molar refractivity (Wildman–Crippen MR) is 55.0 cm³/mol. The number of unbranched alkanes of at least 4 members (excludes halogenated alkanes) is 1. The van der Waals surface area contributed by atoms with Gasteiger partial charge in [0.2, 0.25) is 5.91 Å². The Morgan fingerprint density at radius 2 is 1.93 bits per heavy atom. The van der Waals surface area contributed by atoms with Crippen LogP contribution >= 0.6 is 0 Å². The summed E-state index contributed by atoms with van der Waals surface area (Å²) >= 11 is 0. The second-order valence-electron chi connectivity index (χ2n) is 3.28. The third-order valence-corrected chi connectivity index (χ3v) is 2.12. The van der Waals surface area contributed by atoms with E-state index in [1.54, 1.807) is 26.2 Å². The minimum Gasteiger partial charge on any atom is -0.354 e. The summed E-state index contributed by atoms with van der Waals surface area (Å²) in [5.74, 6) is 0.144. The van der Waals surface area contributed by atoms with Crippen LogP contribution in [0.3, 0.4) is 0 Å². The Bertz CT molecular complexity index is 157. The SMILES string of the molecule is CCCCC(=O)N(C)CC(OC)OC. The van der Waals surface area contributed by atoms with Gasteiger partial charge < -0.3 is 14.4 Å². The Hall–Kier alpha value is -0.610. The zero-order valence-electron chi connectivity index (χ0n) is 9.58. The molecule has 0 fully saturated rings. The monoisotopic (exact) mass is 203 g/mol. The number of carbonyl (C=O) groups excluding carboxylic acids is 1. The van der Waals surface area contributed by atoms with Crippen molar-refractivity contribution in [3.63, 3.8) is 0 Å². The molecular formula is C10H21NO3. The van der Waals surface area contributed by atoms with E-state index in [0.717, 1.165) is 12.8 Å². The number of amides is 1. The molecule has 0 saturated heterocycles. The van der Waals surface area contributed by atoms with Crippen LogP contribution in [0.5, 0.6) is 0 Å². The van der Waals surface area contributed by atoms with Crippen molar-refractivity contribution in [3.8, 4) is 0 Å². The van der Waals surface area contributed by atoms with Gasteiger partial charge in [-0.1, -0.05) is 13.3 Å². The molecule has 0 N–H and O–H groups in total. The summed E-state index contributed by atoms with van der Waals surface area (Å²) in [6.07, 6.45) is 2.25. The molecule has 0 heterocycles. The lowest BCUT2D eigenvalue weighted by Crippen LogP contribution is -2.35. The molecule has 1 amide bonds. The van der Waals surface area contributed by atoms with Crippen molar-refractivity contribution in [3.05, 3.63) is 0 Å². The second-order valence-corrected chi connectivity index (χ2v) is 3.28. The second kappa shape index (κ2) is 7.76. The molecule has 4 heteroatoms. The van der Waals surface area contributed by atoms with Gasteiger partial charge in [0, 0.05) is 27.7 Å². The summed E-state index contributed by atoms with van der Waals surface area (Å²) < 4.78 is 10.0. The maximum atomic E-state index is 11.5. The molecule has 0 atom stereocenters. The van der Waals surface area contributed by atoms with Gasteiger partial charge in [0.1, 0.15) is 0 Å². The number of methoxy groups -OCH3 is 2. The molecule has 4 nitrogen and oxygen atoms in total. The molecular weight excluding hydrogens is 182 g/mol. The number of rotatable bonds is 7. The fraction of sp³-hybridized carbons (Fsp3) is 0.900. The Morgan fingerprint density at radius 1 is 1.36 bits per heavy atom. The van der Waals surface area contributed by atoms with Crippen molar-refractivity contribution in [1.29, 1.82) is 0 Å². The van der Waals surface area contributed by atoms with E-state index in [1.165, 1.54) is 0 Å². The average Bonchev–Trinajstić information content (AvgIpc) is 2.21. The van der Waals surface area contributed by atoms with E-state index < -0.39 is 0 Å². The standard InChI is InChI=1S/C10H21NO3/c1-5-6-7-9(12)11(2)8-10(13-3)14-4/h10H,5-8H2,1-4H3. The number of hydrogen-bond donors (Lipinski definition) is 0. The molecule has 0 rings (SSSR count). The molecule has 0 radical (unpaired) electrons. The molecule has 0 aliphatic carbocycles. The largest absolute Gasteiger partial charge is 0.354 e. The van der Waals surface area contributed by atoms with E-state index in [0.29, 0.717) is 13.0 Å². The third-order valence-electron chi connectivity index (χ3n) is 2.12. The van der Waals surface area contributed by atoms with Crippen LogP contribution in [0.2, 0.25) is 0 Å². The number of nitrogens with zero attached hydrogens (tertiary/aromatic N) is 1. The minimum atomic E-state index is -0.328. The molecule has 0 aromatic rings. The van der Waals surface area contributed by atoms with Crippen molar-refractivity contribution >= 4 is 5.91 Å². The summed E-state index contributed by atoms with van der Waals surface area (Å²) in [4.78, 5) is 13.1. The zero-order valence-corrected chi connectivity index (χ0v) is 9.58. The number of likely N-dealkylation sites (N-methyl/N-ethyl adjacent to an activating group) is 1. The minimum absolute atomic E-state index is 0.144. The first-order valence-corrected chi connectivity index (χ1v) is 4.95. The summed E-state index contributed by atoms with van der Waals surface area (Å²) in [6.45, 7) is 2.55. The van der Waals surface area contributed by atoms with Crippen molar-refractivity contribution < 1.29 is 14.3 Å². The van der Waals surface area contributed by atoms with E-state index in [4.69, 9.17) is 9.47 Å². The summed E-state index contributed by atoms with van der Waals surface area (Å²) in [5, 5.41) is 0. The molecule has 0 unspecified atom stereocenters. The highest BCUT2D eigenvalue weighted by Gasteiger charge is 2.13. The molecule has 14 heavy (non-hydrogen) atoms. The van der Waals surface area contributed by atoms with Crippen molar-refractivity contribution in [2.45, 2.75) is 32.5 Å². The Morgan fingerprint density at radius 3 is 2.36 bits per heavy atom. The van der Waals surface area contributed by atoms with Crippen molar-refractivity contribution in [2.75, 3.05) is 27.8 Å². The summed E-state index contributed by atoms with van der Waals surface area (Å²) in [5.41, 5.74) is 0. The van der Waals surface area contributed by atoms with E-state index in [9.17, 15) is 4.79 Å². The normalized spacial score (nSPS) is 10.6. The van der Waals surface area contributed by atoms with Crippen molar-refractivity contribution in [1.82, 2.24) is 4.90 Å². The van der Waals surface area contributed by atoms with Crippen LogP contribution in [0.4, 0.5) is 0 Å². The molecule has 0 aromatic carbocycles. The van der Waals surface area contributed by atoms with Gasteiger partial charge in [-0.2, -0.15) is 0 Å². The first kappa shape index (κ1) is 13.4. The van der Waals surface area contributed by atoms with Gasteiger partial charge in [-0.05, 0) is 6.42 Å². The van der Waals surface area contributed by atoms with Gasteiger partial charge in [0.05, 0.1) is 6.54 Å². The van der Waals surface area contributed by atoms with Crippen LogP contribution in [-0.4, -0.2) is 44.9 Å². The Balaban J connectivity index is 3.81. The first-order valence-electron chi connectivity index (χ1n) is 4.95. The Labute approximate surface area is 86.2 Å². The number of ether oxygens (including phenoxy) is 2. The molecule has 0 aliphatic rings. The fourth-order valence-electron chi connectivity index (χ4n) is 1.09. The van der Waals surface area contributed by atoms with Gasteiger partial charge in [0.25, 0.3) is 0 Å². The lowest BCUT2D eigenvalue weighted by molar-refractivity contribution is -0.143. The van der Waals surface area contributed by atoms with E-state index in [-0.39, 0.29) is 12.2 Å². The average molecular weight is 203 g/mol. The van der Waals surface area contributed by atoms with E-state index in [1.807, 2.05) is 0 Å². The lowest BCUT2D eigenvalue weighted by atomic mass is 10.2. The first-order chi connectivity index (χ1) is 6.65. The summed E-state index contributed by atoms with van der Waals surface area (Å²) in [6, 6.07) is 0. The highest BCUT2D eigenvalue weighted by Crippen LogP contribution is 2.01. The van der Waals surface area contributed by atoms with Gasteiger partial charge in [-0.15, -0.1) is 0 Å². The number of hydrogen-bond acceptors (Lipinski definition) is 3. The van der Waals surface area contributed by atoms with Gasteiger partial charge in [-0.25, -0.2) is 0 Å². The fourth-order valence-corrected chi connectivity index (χ4v) is 1.09. The topological polar surface area (TPSA) is 38.8 Å². The van der Waals surface area contributed by atoms with E-state index in [2.05, 4.69) is 6.92 Å². The van der Waals surface area contributed by atoms with Crippen LogP contribution in [-0.2, 0) is 14.3 Å². The molecule has 0 spiro atoms. The quantitative estimate of drug-likeness (QED) is 0.585. The highest BCUT2D eigenvalue weighted by atomic mass is 16.7. The number of carbonyl (C=O) groups is 1. The molecule has 0 aliphatic heterocycles. The molecule has 0 saturated carbocycles. The zero-order chi connectivity index (χ0) is 11.0. The summed E-state index contributed by atoms with van der Waals surface area (Å²) in [7, 11) is 4.90. The van der Waals surface area contributed by atoms with Crippen molar-refractivity contribution in [2.24, 2.45) is 0 Å². The van der Waals surface area contributed by atoms with Gasteiger partial charge in [-0.3, -0.25) is 4.79 Å². The lowest BCUT2D eigenvalue weighted by Gasteiger charge is -2.22. The molecule has 84 valence electrons. The Kier molecular flexibility index (Phi) is 7.42. The smallest absolute Gasteiger partial charge is 0.222 e. The van der Waals surface area contributed by atoms with E-state index >= 15 is 0 Å². The third kappa shape index (κ3) is 5.19. The van der Waals surface area contributed by atoms with Gasteiger partial charge >= 0.3 is 0 Å².